The van der Waals surface area contributed by atoms with Gasteiger partial charge in [-0.15, -0.1) is 0 Å². The second-order valence-electron chi connectivity index (χ2n) is 4.70. The zero-order valence-corrected chi connectivity index (χ0v) is 12.2. The molecule has 1 atom stereocenters. The SMILES string of the molecule is O=C(N[C@H](Cc1ccc(F)cc1)C(=O)O)c1ccc(Cl)cc1. The van der Waals surface area contributed by atoms with Gasteiger partial charge in [-0.3, -0.25) is 4.79 Å². The van der Waals surface area contributed by atoms with Gasteiger partial charge in [-0.05, 0) is 42.0 Å². The zero-order chi connectivity index (χ0) is 16.1. The highest BCUT2D eigenvalue weighted by Gasteiger charge is 2.21. The van der Waals surface area contributed by atoms with Crippen LogP contribution in [0.3, 0.4) is 0 Å². The number of amides is 1. The van der Waals surface area contributed by atoms with Crippen molar-refractivity contribution in [1.29, 1.82) is 0 Å². The van der Waals surface area contributed by atoms with E-state index in [0.29, 0.717) is 16.1 Å². The molecule has 0 aliphatic carbocycles. The van der Waals surface area contributed by atoms with Gasteiger partial charge in [-0.1, -0.05) is 23.7 Å². The summed E-state index contributed by atoms with van der Waals surface area (Å²) in [5.41, 5.74) is 0.931. The third-order valence-corrected chi connectivity index (χ3v) is 3.31. The van der Waals surface area contributed by atoms with Crippen molar-refractivity contribution in [2.45, 2.75) is 12.5 Å². The van der Waals surface area contributed by atoms with Crippen LogP contribution >= 0.6 is 11.6 Å². The number of aliphatic carboxylic acids is 1. The quantitative estimate of drug-likeness (QED) is 0.890. The Morgan fingerprint density at radius 3 is 2.23 bits per heavy atom. The Hall–Kier alpha value is -2.40. The van der Waals surface area contributed by atoms with Crippen LogP contribution in [0.2, 0.25) is 5.02 Å². The Kier molecular flexibility index (Phi) is 5.12. The predicted molar refractivity (Wildman–Crippen MR) is 80.4 cm³/mol. The van der Waals surface area contributed by atoms with E-state index in [9.17, 15) is 19.1 Å². The summed E-state index contributed by atoms with van der Waals surface area (Å²) in [5.74, 6) is -2.07. The van der Waals surface area contributed by atoms with Gasteiger partial charge in [0.1, 0.15) is 11.9 Å². The molecule has 0 aliphatic rings. The standard InChI is InChI=1S/C16H13ClFNO3/c17-12-5-3-11(4-6-12)15(20)19-14(16(21)22)9-10-1-7-13(18)8-2-10/h1-8,14H,9H2,(H,19,20)(H,21,22)/t14-/m1/s1. The normalized spacial score (nSPS) is 11.7. The van der Waals surface area contributed by atoms with Crippen LogP contribution in [0.15, 0.2) is 48.5 Å². The van der Waals surface area contributed by atoms with E-state index in [2.05, 4.69) is 5.32 Å². The van der Waals surface area contributed by atoms with Crippen LogP contribution in [-0.4, -0.2) is 23.0 Å². The summed E-state index contributed by atoms with van der Waals surface area (Å²) in [7, 11) is 0. The van der Waals surface area contributed by atoms with Crippen molar-refractivity contribution in [3.05, 3.63) is 70.5 Å². The minimum Gasteiger partial charge on any atom is -0.480 e. The molecule has 0 saturated heterocycles. The topological polar surface area (TPSA) is 66.4 Å². The van der Waals surface area contributed by atoms with E-state index in [1.807, 2.05) is 0 Å². The minimum atomic E-state index is -1.16. The highest BCUT2D eigenvalue weighted by atomic mass is 35.5. The molecular formula is C16H13ClFNO3. The van der Waals surface area contributed by atoms with Crippen molar-refractivity contribution in [2.24, 2.45) is 0 Å². The first kappa shape index (κ1) is 16.0. The van der Waals surface area contributed by atoms with Crippen molar-refractivity contribution < 1.29 is 19.1 Å². The number of rotatable bonds is 5. The Balaban J connectivity index is 2.08. The molecule has 0 aromatic heterocycles. The van der Waals surface area contributed by atoms with Crippen LogP contribution in [0, 0.1) is 5.82 Å². The number of carbonyl (C=O) groups excluding carboxylic acids is 1. The number of hydrogen-bond acceptors (Lipinski definition) is 2. The first-order valence-corrected chi connectivity index (χ1v) is 6.87. The lowest BCUT2D eigenvalue weighted by atomic mass is 10.1. The van der Waals surface area contributed by atoms with E-state index in [4.69, 9.17) is 11.6 Å². The maximum Gasteiger partial charge on any atom is 0.326 e. The smallest absolute Gasteiger partial charge is 0.326 e. The van der Waals surface area contributed by atoms with Crippen LogP contribution in [0.5, 0.6) is 0 Å². The molecule has 22 heavy (non-hydrogen) atoms. The van der Waals surface area contributed by atoms with Gasteiger partial charge in [0, 0.05) is 17.0 Å². The van der Waals surface area contributed by atoms with Crippen LogP contribution < -0.4 is 5.32 Å². The zero-order valence-electron chi connectivity index (χ0n) is 11.4. The fraction of sp³-hybridized carbons (Fsp3) is 0.125. The lowest BCUT2D eigenvalue weighted by Crippen LogP contribution is -2.42. The average molecular weight is 322 g/mol. The van der Waals surface area contributed by atoms with Gasteiger partial charge in [0.05, 0.1) is 0 Å². The summed E-state index contributed by atoms with van der Waals surface area (Å²) in [6, 6.07) is 10.5. The molecule has 0 fully saturated rings. The first-order chi connectivity index (χ1) is 10.5. The van der Waals surface area contributed by atoms with Crippen molar-refractivity contribution in [3.63, 3.8) is 0 Å². The predicted octanol–water partition coefficient (Wildman–Crippen LogP) is 2.90. The van der Waals surface area contributed by atoms with E-state index in [1.165, 1.54) is 36.4 Å². The van der Waals surface area contributed by atoms with Gasteiger partial charge in [0.2, 0.25) is 0 Å². The van der Waals surface area contributed by atoms with E-state index in [-0.39, 0.29) is 6.42 Å². The van der Waals surface area contributed by atoms with Gasteiger partial charge >= 0.3 is 5.97 Å². The molecule has 0 unspecified atom stereocenters. The molecule has 1 amide bonds. The second-order valence-corrected chi connectivity index (χ2v) is 5.14. The van der Waals surface area contributed by atoms with Crippen LogP contribution in [0.4, 0.5) is 4.39 Å². The molecule has 2 aromatic rings. The average Bonchev–Trinajstić information content (AvgIpc) is 2.49. The Morgan fingerprint density at radius 2 is 1.68 bits per heavy atom. The molecule has 2 N–H and O–H groups in total. The Bertz CT molecular complexity index is 671. The monoisotopic (exact) mass is 321 g/mol. The molecule has 0 aliphatic heterocycles. The highest BCUT2D eigenvalue weighted by Crippen LogP contribution is 2.11. The molecule has 2 aromatic carbocycles. The molecule has 0 spiro atoms. The van der Waals surface area contributed by atoms with Gasteiger partial charge in [-0.2, -0.15) is 0 Å². The molecule has 0 bridgehead atoms. The summed E-state index contributed by atoms with van der Waals surface area (Å²) >= 11 is 5.74. The number of carboxylic acid groups (broad SMARTS) is 1. The lowest BCUT2D eigenvalue weighted by molar-refractivity contribution is -0.139. The van der Waals surface area contributed by atoms with Crippen molar-refractivity contribution in [1.82, 2.24) is 5.32 Å². The molecule has 0 saturated carbocycles. The van der Waals surface area contributed by atoms with Gasteiger partial charge < -0.3 is 10.4 Å². The van der Waals surface area contributed by atoms with Crippen LogP contribution in [-0.2, 0) is 11.2 Å². The van der Waals surface area contributed by atoms with Gasteiger partial charge in [0.25, 0.3) is 5.91 Å². The summed E-state index contributed by atoms with van der Waals surface area (Å²) < 4.78 is 12.8. The van der Waals surface area contributed by atoms with E-state index >= 15 is 0 Å². The third kappa shape index (κ3) is 4.30. The number of halogens is 2. The molecule has 2 rings (SSSR count). The second kappa shape index (κ2) is 7.04. The first-order valence-electron chi connectivity index (χ1n) is 6.49. The van der Waals surface area contributed by atoms with Gasteiger partial charge in [-0.25, -0.2) is 9.18 Å². The van der Waals surface area contributed by atoms with E-state index in [1.54, 1.807) is 12.1 Å². The number of hydrogen-bond donors (Lipinski definition) is 2. The minimum absolute atomic E-state index is 0.0644. The molecule has 6 heteroatoms. The number of benzene rings is 2. The molecule has 114 valence electrons. The van der Waals surface area contributed by atoms with Crippen LogP contribution in [0.1, 0.15) is 15.9 Å². The summed E-state index contributed by atoms with van der Waals surface area (Å²) in [6.07, 6.45) is 0.0644. The van der Waals surface area contributed by atoms with Crippen LogP contribution in [0.25, 0.3) is 0 Å². The molecular weight excluding hydrogens is 309 g/mol. The number of nitrogens with one attached hydrogen (secondary N) is 1. The summed E-state index contributed by atoms with van der Waals surface area (Å²) in [4.78, 5) is 23.3. The fourth-order valence-electron chi connectivity index (χ4n) is 1.90. The Labute approximate surface area is 131 Å². The largest absolute Gasteiger partial charge is 0.480 e. The van der Waals surface area contributed by atoms with E-state index in [0.717, 1.165) is 0 Å². The maximum atomic E-state index is 12.8. The summed E-state index contributed by atoms with van der Waals surface area (Å²) in [5, 5.41) is 12.1. The van der Waals surface area contributed by atoms with Crippen molar-refractivity contribution >= 4 is 23.5 Å². The number of carbonyl (C=O) groups is 2. The third-order valence-electron chi connectivity index (χ3n) is 3.06. The molecule has 0 radical (unpaired) electrons. The Morgan fingerprint density at radius 1 is 1.09 bits per heavy atom. The fourth-order valence-corrected chi connectivity index (χ4v) is 2.03. The van der Waals surface area contributed by atoms with E-state index < -0.39 is 23.7 Å². The highest BCUT2D eigenvalue weighted by molar-refractivity contribution is 6.30. The maximum absolute atomic E-state index is 12.8. The van der Waals surface area contributed by atoms with Gasteiger partial charge in [0.15, 0.2) is 0 Å². The molecule has 0 heterocycles. The number of carboxylic acids is 1. The summed E-state index contributed by atoms with van der Waals surface area (Å²) in [6.45, 7) is 0. The lowest BCUT2D eigenvalue weighted by Gasteiger charge is -2.14. The molecule has 4 nitrogen and oxygen atoms in total. The van der Waals surface area contributed by atoms with Crippen molar-refractivity contribution in [3.8, 4) is 0 Å². The van der Waals surface area contributed by atoms with Crippen molar-refractivity contribution in [2.75, 3.05) is 0 Å².